The molecule has 1 atom stereocenters. The number of fused-ring (bicyclic) bond motifs is 2. The molecule has 4 heteroatoms. The van der Waals surface area contributed by atoms with Crippen LogP contribution in [0.4, 0.5) is 5.69 Å². The van der Waals surface area contributed by atoms with Gasteiger partial charge in [-0.15, -0.1) is 0 Å². The number of nitrogens with one attached hydrogen (secondary N) is 1. The van der Waals surface area contributed by atoms with Crippen LogP contribution < -0.4 is 5.09 Å². The van der Waals surface area contributed by atoms with Gasteiger partial charge in [-0.05, 0) is 33.7 Å². The Morgan fingerprint density at radius 2 is 0.812 bits per heavy atom. The van der Waals surface area contributed by atoms with Crippen LogP contribution in [0.25, 0.3) is 21.5 Å². The summed E-state index contributed by atoms with van der Waals surface area (Å²) in [5.41, 5.74) is 0.810. The molecule has 0 spiro atoms. The molecule has 0 aromatic heterocycles. The van der Waals surface area contributed by atoms with Crippen LogP contribution in [-0.4, -0.2) is 13.8 Å². The second-order valence-corrected chi connectivity index (χ2v) is 9.48. The van der Waals surface area contributed by atoms with Gasteiger partial charge >= 0.3 is 0 Å². The van der Waals surface area contributed by atoms with Crippen LogP contribution in [0, 0.1) is 0 Å². The van der Waals surface area contributed by atoms with Crippen molar-refractivity contribution in [1.29, 1.82) is 0 Å². The molecule has 162 valence electrons. The Bertz CT molecular complexity index is 1090. The zero-order valence-corrected chi connectivity index (χ0v) is 19.3. The number of benzene rings is 5. The fourth-order valence-electron chi connectivity index (χ4n) is 3.06. The second-order valence-electron chi connectivity index (χ2n) is 7.20. The minimum atomic E-state index is -2.65. The van der Waals surface area contributed by atoms with Crippen molar-refractivity contribution in [2.45, 2.75) is 0 Å². The quantitative estimate of drug-likeness (QED) is 0.287. The van der Waals surface area contributed by atoms with Gasteiger partial charge in [-0.25, -0.2) is 0 Å². The van der Waals surface area contributed by atoms with Crippen LogP contribution in [0.3, 0.4) is 0 Å². The first-order chi connectivity index (χ1) is 15.6. The normalized spacial score (nSPS) is 11.9. The highest BCUT2D eigenvalue weighted by Crippen LogP contribution is 2.41. The molecule has 1 unspecified atom stereocenters. The third-order valence-corrected chi connectivity index (χ3v) is 6.13. The molecule has 1 N–H and O–H groups in total. The molecule has 5 rings (SSSR count). The maximum Gasteiger partial charge on any atom is 0.290 e. The average molecular weight is 442 g/mol. The molecule has 0 fully saturated rings. The van der Waals surface area contributed by atoms with Gasteiger partial charge in [0.05, 0.1) is 0 Å². The third kappa shape index (κ3) is 7.39. The Kier molecular flexibility index (Phi) is 8.62. The summed E-state index contributed by atoms with van der Waals surface area (Å²) in [6, 6.07) is 42.8. The first-order valence-electron chi connectivity index (χ1n) is 10.4. The minimum absolute atomic E-state index is 0.810. The Morgan fingerprint density at radius 3 is 1.09 bits per heavy atom. The molecule has 0 saturated carbocycles. The average Bonchev–Trinajstić information content (AvgIpc) is 2.85. The maximum atomic E-state index is 11.4. The first-order valence-corrected chi connectivity index (χ1v) is 12.5. The Morgan fingerprint density at radius 1 is 0.531 bits per heavy atom. The molecule has 0 bridgehead atoms. The van der Waals surface area contributed by atoms with E-state index in [1.54, 1.807) is 6.66 Å². The van der Waals surface area contributed by atoms with Crippen molar-refractivity contribution in [1.82, 2.24) is 0 Å². The van der Waals surface area contributed by atoms with Gasteiger partial charge < -0.3 is 9.61 Å². The van der Waals surface area contributed by atoms with Gasteiger partial charge in [-0.2, -0.15) is 0 Å². The lowest BCUT2D eigenvalue weighted by Crippen LogP contribution is -1.96. The number of rotatable bonds is 3. The summed E-state index contributed by atoms with van der Waals surface area (Å²) < 4.78 is 16.2. The smallest absolute Gasteiger partial charge is 0.290 e. The SMILES string of the molecule is COP(C)(=O)Nc1ccccc1.c1ccc2ccccc2c1.c1ccc2ccccc2c1. The summed E-state index contributed by atoms with van der Waals surface area (Å²) in [4.78, 5) is 0. The van der Waals surface area contributed by atoms with Crippen LogP contribution in [0.1, 0.15) is 0 Å². The molecule has 0 aliphatic rings. The highest BCUT2D eigenvalue weighted by Gasteiger charge is 2.11. The van der Waals surface area contributed by atoms with Gasteiger partial charge in [-0.1, -0.05) is 115 Å². The van der Waals surface area contributed by atoms with Crippen molar-refractivity contribution < 1.29 is 9.09 Å². The molecule has 5 aromatic rings. The monoisotopic (exact) mass is 441 g/mol. The molecule has 0 radical (unpaired) electrons. The van der Waals surface area contributed by atoms with Gasteiger partial charge in [0.25, 0.3) is 7.52 Å². The predicted molar refractivity (Wildman–Crippen MR) is 139 cm³/mol. The lowest BCUT2D eigenvalue weighted by Gasteiger charge is -2.12. The molecule has 0 saturated heterocycles. The number of para-hydroxylation sites is 1. The van der Waals surface area contributed by atoms with E-state index in [-0.39, 0.29) is 0 Å². The predicted octanol–water partition coefficient (Wildman–Crippen LogP) is 8.25. The first kappa shape index (κ1) is 23.3. The molecular formula is C28H28NO2P. The van der Waals surface area contributed by atoms with Crippen LogP contribution in [-0.2, 0) is 9.09 Å². The van der Waals surface area contributed by atoms with E-state index in [2.05, 4.69) is 102 Å². The van der Waals surface area contributed by atoms with Crippen LogP contribution in [0.5, 0.6) is 0 Å². The molecule has 0 aliphatic carbocycles. The van der Waals surface area contributed by atoms with E-state index >= 15 is 0 Å². The van der Waals surface area contributed by atoms with E-state index in [9.17, 15) is 4.57 Å². The van der Waals surface area contributed by atoms with Crippen molar-refractivity contribution in [3.05, 3.63) is 127 Å². The van der Waals surface area contributed by atoms with Crippen molar-refractivity contribution in [2.24, 2.45) is 0 Å². The fraction of sp³-hybridized carbons (Fsp3) is 0.0714. The highest BCUT2D eigenvalue weighted by atomic mass is 31.2. The lowest BCUT2D eigenvalue weighted by atomic mass is 10.1. The zero-order chi connectivity index (χ0) is 22.7. The molecule has 0 amide bonds. The van der Waals surface area contributed by atoms with E-state index in [1.807, 2.05) is 30.3 Å². The minimum Gasteiger partial charge on any atom is -0.317 e. The maximum absolute atomic E-state index is 11.4. The van der Waals surface area contributed by atoms with E-state index < -0.39 is 7.52 Å². The number of anilines is 1. The Hall–Kier alpha value is -3.39. The standard InChI is InChI=1S/2C10H8.C8H12NO2P/c2*1-2-6-10-8-4-3-7-9(10)5-1;1-11-12(2,10)9-8-6-4-3-5-7-8/h2*1-8H;3-7H,1-2H3,(H,9,10). The van der Waals surface area contributed by atoms with Crippen molar-refractivity contribution in [3.63, 3.8) is 0 Å². The summed E-state index contributed by atoms with van der Waals surface area (Å²) in [6.45, 7) is 1.54. The summed E-state index contributed by atoms with van der Waals surface area (Å²) >= 11 is 0. The van der Waals surface area contributed by atoms with Crippen LogP contribution >= 0.6 is 7.52 Å². The zero-order valence-electron chi connectivity index (χ0n) is 18.4. The Labute approximate surface area is 190 Å². The highest BCUT2D eigenvalue weighted by molar-refractivity contribution is 7.59. The largest absolute Gasteiger partial charge is 0.317 e. The molecular weight excluding hydrogens is 413 g/mol. The Balaban J connectivity index is 0.000000136. The van der Waals surface area contributed by atoms with Crippen LogP contribution in [0.15, 0.2) is 127 Å². The second kappa shape index (κ2) is 11.9. The van der Waals surface area contributed by atoms with Crippen LogP contribution in [0.2, 0.25) is 0 Å². The summed E-state index contributed by atoms with van der Waals surface area (Å²) in [5.74, 6) is 0. The van der Waals surface area contributed by atoms with Gasteiger partial charge in [0, 0.05) is 19.5 Å². The van der Waals surface area contributed by atoms with Gasteiger partial charge in [0.2, 0.25) is 0 Å². The summed E-state index contributed by atoms with van der Waals surface area (Å²) in [7, 11) is -1.22. The van der Waals surface area contributed by atoms with Gasteiger partial charge in [0.1, 0.15) is 0 Å². The number of hydrogen-bond donors (Lipinski definition) is 1. The molecule has 3 nitrogen and oxygen atoms in total. The van der Waals surface area contributed by atoms with Gasteiger partial charge in [-0.3, -0.25) is 4.57 Å². The lowest BCUT2D eigenvalue weighted by molar-refractivity contribution is 0.403. The van der Waals surface area contributed by atoms with E-state index in [1.165, 1.54) is 28.7 Å². The topological polar surface area (TPSA) is 38.3 Å². The summed E-state index contributed by atoms with van der Waals surface area (Å²) in [6.07, 6.45) is 0. The third-order valence-electron chi connectivity index (χ3n) is 4.77. The van der Waals surface area contributed by atoms with Crippen molar-refractivity contribution >= 4 is 34.8 Å². The molecule has 5 aromatic carbocycles. The van der Waals surface area contributed by atoms with E-state index in [4.69, 9.17) is 4.52 Å². The number of hydrogen-bond acceptors (Lipinski definition) is 2. The van der Waals surface area contributed by atoms with Crippen molar-refractivity contribution in [2.75, 3.05) is 18.9 Å². The van der Waals surface area contributed by atoms with Crippen molar-refractivity contribution in [3.8, 4) is 0 Å². The molecule has 0 aliphatic heterocycles. The summed E-state index contributed by atoms with van der Waals surface area (Å²) in [5, 5.41) is 8.04. The van der Waals surface area contributed by atoms with E-state index in [0.29, 0.717) is 0 Å². The fourth-order valence-corrected chi connectivity index (χ4v) is 3.77. The molecule has 0 heterocycles. The molecule has 32 heavy (non-hydrogen) atoms. The van der Waals surface area contributed by atoms with Gasteiger partial charge in [0.15, 0.2) is 0 Å². The van der Waals surface area contributed by atoms with E-state index in [0.717, 1.165) is 5.69 Å².